The third-order valence-electron chi connectivity index (χ3n) is 4.01. The fraction of sp³-hybridized carbons (Fsp3) is 0.167. The molecule has 0 spiro atoms. The van der Waals surface area contributed by atoms with Crippen molar-refractivity contribution in [1.29, 1.82) is 0 Å². The number of aliphatic hydroxyl groups is 1. The number of nitrogens with zero attached hydrogens (tertiary/aromatic N) is 5. The molecule has 1 N–H and O–H groups in total. The predicted octanol–water partition coefficient (Wildman–Crippen LogP) is 2.99. The summed E-state index contributed by atoms with van der Waals surface area (Å²) in [5, 5.41) is 26.3. The molecule has 0 radical (unpaired) electrons. The number of aliphatic hydroxyl groups excluding tert-OH is 1. The van der Waals surface area contributed by atoms with E-state index in [0.29, 0.717) is 35.9 Å². The van der Waals surface area contributed by atoms with Gasteiger partial charge in [0, 0.05) is 13.1 Å². The minimum atomic E-state index is -0.375. The molecule has 0 aliphatic carbocycles. The number of anilines is 1. The smallest absolute Gasteiger partial charge is 0.188 e. The highest BCUT2D eigenvalue weighted by Crippen LogP contribution is 2.23. The Balaban J connectivity index is 1.76. The molecule has 0 amide bonds. The standard InChI is InChI=1S/C18H16FN5OS/c19-15-4-2-1-3-14(15)18-21-20-16-5-6-17(22-24(16)18)23(8-9-25)11-13-7-10-26-12-13/h1-7,10,12,25H,8-9,11H2. The van der Waals surface area contributed by atoms with Gasteiger partial charge in [-0.05, 0) is 46.7 Å². The third kappa shape index (κ3) is 3.16. The molecule has 0 saturated heterocycles. The molecular formula is C18H16FN5OS. The van der Waals surface area contributed by atoms with Gasteiger partial charge in [-0.2, -0.15) is 15.9 Å². The van der Waals surface area contributed by atoms with Gasteiger partial charge in [-0.25, -0.2) is 4.39 Å². The van der Waals surface area contributed by atoms with Gasteiger partial charge in [0.15, 0.2) is 11.5 Å². The number of rotatable bonds is 6. The van der Waals surface area contributed by atoms with E-state index in [9.17, 15) is 9.50 Å². The lowest BCUT2D eigenvalue weighted by molar-refractivity contribution is 0.301. The molecular weight excluding hydrogens is 353 g/mol. The number of hydrogen-bond acceptors (Lipinski definition) is 6. The maximum atomic E-state index is 14.2. The van der Waals surface area contributed by atoms with Crippen molar-refractivity contribution in [3.8, 4) is 11.4 Å². The molecule has 4 aromatic rings. The van der Waals surface area contributed by atoms with Gasteiger partial charge in [0.1, 0.15) is 11.6 Å². The maximum Gasteiger partial charge on any atom is 0.188 e. The lowest BCUT2D eigenvalue weighted by Crippen LogP contribution is -2.27. The van der Waals surface area contributed by atoms with Crippen LogP contribution in [0.2, 0.25) is 0 Å². The van der Waals surface area contributed by atoms with E-state index in [1.54, 1.807) is 35.6 Å². The number of thiophene rings is 1. The van der Waals surface area contributed by atoms with Gasteiger partial charge in [0.2, 0.25) is 0 Å². The zero-order valence-electron chi connectivity index (χ0n) is 13.8. The number of fused-ring (bicyclic) bond motifs is 1. The lowest BCUT2D eigenvalue weighted by atomic mass is 10.2. The Morgan fingerprint density at radius 3 is 2.77 bits per heavy atom. The van der Waals surface area contributed by atoms with Crippen LogP contribution in [0.5, 0.6) is 0 Å². The molecule has 0 unspecified atom stereocenters. The Morgan fingerprint density at radius 2 is 2.00 bits per heavy atom. The highest BCUT2D eigenvalue weighted by molar-refractivity contribution is 7.07. The van der Waals surface area contributed by atoms with E-state index in [1.165, 1.54) is 10.6 Å². The van der Waals surface area contributed by atoms with E-state index in [-0.39, 0.29) is 12.4 Å². The van der Waals surface area contributed by atoms with Crippen molar-refractivity contribution >= 4 is 22.8 Å². The van der Waals surface area contributed by atoms with E-state index >= 15 is 0 Å². The van der Waals surface area contributed by atoms with Crippen LogP contribution in [0.3, 0.4) is 0 Å². The minimum absolute atomic E-state index is 0.00615. The Hall–Kier alpha value is -2.84. The molecule has 0 bridgehead atoms. The number of benzene rings is 1. The second kappa shape index (κ2) is 7.19. The summed E-state index contributed by atoms with van der Waals surface area (Å²) in [6.07, 6.45) is 0. The Bertz CT molecular complexity index is 1020. The SMILES string of the molecule is OCCN(Cc1ccsc1)c1ccc2nnc(-c3ccccc3F)n2n1. The fourth-order valence-electron chi connectivity index (χ4n) is 2.76. The predicted molar refractivity (Wildman–Crippen MR) is 98.6 cm³/mol. The summed E-state index contributed by atoms with van der Waals surface area (Å²) < 4.78 is 15.7. The second-order valence-corrected chi connectivity index (χ2v) is 6.52. The first-order valence-electron chi connectivity index (χ1n) is 8.10. The zero-order valence-corrected chi connectivity index (χ0v) is 14.6. The number of hydrogen-bond donors (Lipinski definition) is 1. The topological polar surface area (TPSA) is 66.5 Å². The van der Waals surface area contributed by atoms with Crippen molar-refractivity contribution in [2.24, 2.45) is 0 Å². The Labute approximate surface area is 153 Å². The molecule has 6 nitrogen and oxygen atoms in total. The zero-order chi connectivity index (χ0) is 17.9. The largest absolute Gasteiger partial charge is 0.395 e. The van der Waals surface area contributed by atoms with Gasteiger partial charge >= 0.3 is 0 Å². The van der Waals surface area contributed by atoms with Gasteiger partial charge in [0.25, 0.3) is 0 Å². The van der Waals surface area contributed by atoms with Crippen LogP contribution in [-0.4, -0.2) is 38.1 Å². The van der Waals surface area contributed by atoms with Crippen molar-refractivity contribution in [2.75, 3.05) is 18.1 Å². The molecule has 0 atom stereocenters. The summed E-state index contributed by atoms with van der Waals surface area (Å²) >= 11 is 1.62. The van der Waals surface area contributed by atoms with E-state index in [0.717, 1.165) is 5.56 Å². The molecule has 1 aromatic carbocycles. The Morgan fingerprint density at radius 1 is 1.12 bits per heavy atom. The van der Waals surface area contributed by atoms with Crippen LogP contribution in [-0.2, 0) is 6.54 Å². The van der Waals surface area contributed by atoms with Gasteiger partial charge < -0.3 is 10.0 Å². The molecule has 0 aliphatic heterocycles. The highest BCUT2D eigenvalue weighted by Gasteiger charge is 2.16. The van der Waals surface area contributed by atoms with Crippen LogP contribution < -0.4 is 4.90 Å². The normalized spacial score (nSPS) is 11.2. The molecule has 26 heavy (non-hydrogen) atoms. The lowest BCUT2D eigenvalue weighted by Gasteiger charge is -2.22. The van der Waals surface area contributed by atoms with Gasteiger partial charge in [-0.3, -0.25) is 0 Å². The first-order valence-corrected chi connectivity index (χ1v) is 9.05. The average Bonchev–Trinajstić information content (AvgIpc) is 3.31. The van der Waals surface area contributed by atoms with E-state index in [1.807, 2.05) is 22.4 Å². The van der Waals surface area contributed by atoms with Crippen LogP contribution in [0.1, 0.15) is 5.56 Å². The van der Waals surface area contributed by atoms with Crippen molar-refractivity contribution in [3.63, 3.8) is 0 Å². The van der Waals surface area contributed by atoms with Crippen LogP contribution in [0.4, 0.5) is 10.2 Å². The molecule has 132 valence electrons. The monoisotopic (exact) mass is 369 g/mol. The number of halogens is 1. The van der Waals surface area contributed by atoms with Gasteiger partial charge in [-0.1, -0.05) is 12.1 Å². The first-order chi connectivity index (χ1) is 12.8. The van der Waals surface area contributed by atoms with Crippen LogP contribution in [0, 0.1) is 5.82 Å². The van der Waals surface area contributed by atoms with Gasteiger partial charge in [-0.15, -0.1) is 15.3 Å². The highest BCUT2D eigenvalue weighted by atomic mass is 32.1. The molecule has 4 rings (SSSR count). The van der Waals surface area contributed by atoms with Crippen molar-refractivity contribution in [3.05, 3.63) is 64.6 Å². The molecule has 8 heteroatoms. The Kier molecular flexibility index (Phi) is 4.59. The molecule has 0 saturated carbocycles. The second-order valence-electron chi connectivity index (χ2n) is 5.74. The molecule has 0 aliphatic rings. The van der Waals surface area contributed by atoms with E-state index in [4.69, 9.17) is 0 Å². The minimum Gasteiger partial charge on any atom is -0.395 e. The molecule has 3 heterocycles. The van der Waals surface area contributed by atoms with Crippen LogP contribution in [0.25, 0.3) is 17.0 Å². The molecule has 3 aromatic heterocycles. The van der Waals surface area contributed by atoms with E-state index < -0.39 is 0 Å². The first kappa shape index (κ1) is 16.6. The maximum absolute atomic E-state index is 14.2. The quantitative estimate of drug-likeness (QED) is 0.566. The number of aromatic nitrogens is 4. The van der Waals surface area contributed by atoms with Crippen LogP contribution in [0.15, 0.2) is 53.2 Å². The summed E-state index contributed by atoms with van der Waals surface area (Å²) in [5.41, 5.74) is 2.02. The average molecular weight is 369 g/mol. The molecule has 0 fully saturated rings. The van der Waals surface area contributed by atoms with Crippen molar-refractivity contribution in [2.45, 2.75) is 6.54 Å². The van der Waals surface area contributed by atoms with E-state index in [2.05, 4.69) is 20.7 Å². The fourth-order valence-corrected chi connectivity index (χ4v) is 3.42. The van der Waals surface area contributed by atoms with Crippen molar-refractivity contribution < 1.29 is 9.50 Å². The summed E-state index contributed by atoms with van der Waals surface area (Å²) in [5.74, 6) is 0.633. The summed E-state index contributed by atoms with van der Waals surface area (Å²) in [6.45, 7) is 1.07. The van der Waals surface area contributed by atoms with Crippen molar-refractivity contribution in [1.82, 2.24) is 19.8 Å². The third-order valence-corrected chi connectivity index (χ3v) is 4.74. The summed E-state index contributed by atoms with van der Waals surface area (Å²) in [6, 6.07) is 12.1. The van der Waals surface area contributed by atoms with Gasteiger partial charge in [0.05, 0.1) is 12.2 Å². The van der Waals surface area contributed by atoms with Crippen LogP contribution >= 0.6 is 11.3 Å². The summed E-state index contributed by atoms with van der Waals surface area (Å²) in [4.78, 5) is 1.96. The summed E-state index contributed by atoms with van der Waals surface area (Å²) in [7, 11) is 0.